The molecule has 8 heteroatoms. The van der Waals surface area contributed by atoms with Crippen LogP contribution in [0.15, 0.2) is 89.6 Å². The van der Waals surface area contributed by atoms with Crippen molar-refractivity contribution in [1.29, 1.82) is 0 Å². The summed E-state index contributed by atoms with van der Waals surface area (Å²) >= 11 is 5.14. The van der Waals surface area contributed by atoms with Crippen LogP contribution in [0, 0.1) is 41.0 Å². The number of hydrogen-bond acceptors (Lipinski definition) is 2. The Balaban J connectivity index is 1.49. The van der Waals surface area contributed by atoms with Crippen molar-refractivity contribution in [1.82, 2.24) is 4.98 Å². The van der Waals surface area contributed by atoms with Gasteiger partial charge in [-0.3, -0.25) is 0 Å². The maximum absolute atomic E-state index is 15.1. The molecule has 0 amide bonds. The van der Waals surface area contributed by atoms with Crippen molar-refractivity contribution in [3.63, 3.8) is 0 Å². The predicted octanol–water partition coefficient (Wildman–Crippen LogP) is 11.7. The van der Waals surface area contributed by atoms with E-state index in [0.29, 0.717) is 23.3 Å². The molecule has 2 fully saturated rings. The second-order valence-corrected chi connectivity index (χ2v) is 15.1. The quantitative estimate of drug-likeness (QED) is 0.111. The lowest BCUT2D eigenvalue weighted by molar-refractivity contribution is -0.279. The maximum atomic E-state index is 15.1. The third-order valence-corrected chi connectivity index (χ3v) is 11.7. The number of nitrogens with zero attached hydrogens (tertiary/aromatic N) is 1. The van der Waals surface area contributed by atoms with Crippen LogP contribution in [0.4, 0.5) is 17.6 Å². The summed E-state index contributed by atoms with van der Waals surface area (Å²) in [6, 6.07) is 19.5. The van der Waals surface area contributed by atoms with Crippen molar-refractivity contribution in [3.05, 3.63) is 141 Å². The fraction of sp³-hybridized carbons (Fsp3) is 0.372. The van der Waals surface area contributed by atoms with Gasteiger partial charge >= 0.3 is 5.90 Å². The van der Waals surface area contributed by atoms with Gasteiger partial charge in [-0.15, -0.1) is 0 Å². The summed E-state index contributed by atoms with van der Waals surface area (Å²) in [7, 11) is 0. The second kappa shape index (κ2) is 14.9. The Morgan fingerprint density at radius 1 is 0.784 bits per heavy atom. The first-order chi connectivity index (χ1) is 24.6. The van der Waals surface area contributed by atoms with Crippen LogP contribution in [-0.4, -0.2) is 14.9 Å². The molecule has 4 atom stereocenters. The number of aromatic amines is 1. The zero-order chi connectivity index (χ0) is 35.8. The normalized spacial score (nSPS) is 23.6. The molecule has 0 saturated heterocycles. The monoisotopic (exact) mass is 713 g/mol. The number of nitrogens with one attached hydrogen (secondary N) is 1. The van der Waals surface area contributed by atoms with Crippen LogP contribution in [-0.2, 0) is 6.42 Å². The lowest BCUT2D eigenvalue weighted by Gasteiger charge is -2.31. The summed E-state index contributed by atoms with van der Waals surface area (Å²) in [5.74, 6) is -1.06. The highest BCUT2D eigenvalue weighted by Gasteiger charge is 2.45. The van der Waals surface area contributed by atoms with Gasteiger partial charge in [0.15, 0.2) is 24.4 Å². The maximum Gasteiger partial charge on any atom is 0.390 e. The van der Waals surface area contributed by atoms with Crippen molar-refractivity contribution in [3.8, 4) is 5.75 Å². The van der Waals surface area contributed by atoms with E-state index in [9.17, 15) is 8.78 Å². The number of thiol groups is 1. The van der Waals surface area contributed by atoms with Gasteiger partial charge in [0.2, 0.25) is 5.70 Å². The van der Waals surface area contributed by atoms with E-state index >= 15 is 8.78 Å². The summed E-state index contributed by atoms with van der Waals surface area (Å²) in [6.07, 6.45) is 9.06. The molecule has 2 saturated carbocycles. The highest BCUT2D eigenvalue weighted by molar-refractivity contribution is 7.73. The number of halogens is 4. The molecule has 0 bridgehead atoms. The topological polar surface area (TPSA) is 28.0 Å². The Morgan fingerprint density at radius 2 is 1.41 bits per heavy atom. The fourth-order valence-corrected chi connectivity index (χ4v) is 9.06. The fourth-order valence-electron chi connectivity index (χ4n) is 8.66. The van der Waals surface area contributed by atoms with Crippen molar-refractivity contribution in [2.24, 2.45) is 17.8 Å². The molecule has 7 rings (SSSR count). The average molecular weight is 714 g/mol. The van der Waals surface area contributed by atoms with Gasteiger partial charge in [0.05, 0.1) is 16.8 Å². The molecule has 0 radical (unpaired) electrons. The lowest BCUT2D eigenvalue weighted by Crippen LogP contribution is -2.22. The van der Waals surface area contributed by atoms with Gasteiger partial charge in [0.25, 0.3) is 0 Å². The summed E-state index contributed by atoms with van der Waals surface area (Å²) in [5.41, 5.74) is 8.11. The standard InChI is InChI=1S/C43H44F4N2OS/c1-25-11-7-9-15-33(25)35-24-32(21-29-17-18-30(44)22-36(29)46)48-41(35)40(28-13-5-4-6-14-28)42-39(34-16-10-8-12-26(34)2)27(3)43(49(42)51)50-38-20-19-31(45)23-37(38)47/h4-6,13-14,17-20,22-26,33-34,51H,7-12,15-16,21H2,1-3H3/p+1. The number of rotatable bonds is 7. The lowest BCUT2D eigenvalue weighted by atomic mass is 9.72. The Kier molecular flexibility index (Phi) is 10.3. The number of hydrogen-bond donors (Lipinski definition) is 2. The first-order valence-corrected chi connectivity index (χ1v) is 18.7. The number of ether oxygens (including phenoxy) is 1. The van der Waals surface area contributed by atoms with Gasteiger partial charge in [-0.05, 0) is 84.4 Å². The molecular formula is C43H45F4N2OS+. The molecule has 2 heterocycles. The van der Waals surface area contributed by atoms with Gasteiger partial charge in [0, 0.05) is 29.8 Å². The van der Waals surface area contributed by atoms with E-state index in [-0.39, 0.29) is 24.0 Å². The van der Waals surface area contributed by atoms with E-state index in [4.69, 9.17) is 17.6 Å². The zero-order valence-corrected chi connectivity index (χ0v) is 30.3. The molecule has 2 aliphatic carbocycles. The molecule has 1 aromatic heterocycles. The van der Waals surface area contributed by atoms with E-state index in [1.165, 1.54) is 36.2 Å². The summed E-state index contributed by atoms with van der Waals surface area (Å²) in [6.45, 7) is 6.62. The molecule has 266 valence electrons. The SMILES string of the molecule is CC1=C(C2CCCCC2C)/C(=C(\c2ccccc2)c2[nH]c(Cc3ccc(F)cc3F)cc2C2CCCCC2C)[N+](S)=C1Oc1ccc(F)cc1F. The van der Waals surface area contributed by atoms with E-state index in [0.717, 1.165) is 96.4 Å². The molecule has 3 aromatic carbocycles. The minimum atomic E-state index is -0.791. The third kappa shape index (κ3) is 7.09. The van der Waals surface area contributed by atoms with Crippen molar-refractivity contribution < 1.29 is 26.3 Å². The zero-order valence-electron chi connectivity index (χ0n) is 29.4. The summed E-state index contributed by atoms with van der Waals surface area (Å²) in [5, 5.41) is 0. The molecule has 4 unspecified atom stereocenters. The van der Waals surface area contributed by atoms with Gasteiger partial charge in [-0.2, -0.15) is 0 Å². The van der Waals surface area contributed by atoms with Gasteiger partial charge < -0.3 is 9.72 Å². The van der Waals surface area contributed by atoms with Crippen LogP contribution >= 0.6 is 12.8 Å². The Bertz CT molecular complexity index is 2030. The van der Waals surface area contributed by atoms with Crippen LogP contribution in [0.1, 0.15) is 106 Å². The Labute approximate surface area is 303 Å². The molecule has 3 nitrogen and oxygen atoms in total. The van der Waals surface area contributed by atoms with Gasteiger partial charge in [-0.25, -0.2) is 17.6 Å². The average Bonchev–Trinajstić information content (AvgIpc) is 3.62. The van der Waals surface area contributed by atoms with E-state index in [2.05, 4.69) is 37.0 Å². The highest BCUT2D eigenvalue weighted by atomic mass is 32.1. The molecule has 4 aromatic rings. The molecule has 0 spiro atoms. The van der Waals surface area contributed by atoms with Crippen LogP contribution < -0.4 is 4.74 Å². The van der Waals surface area contributed by atoms with Crippen LogP contribution in [0.5, 0.6) is 5.75 Å². The molecule has 3 aliphatic rings. The van der Waals surface area contributed by atoms with Crippen LogP contribution in [0.2, 0.25) is 0 Å². The minimum Gasteiger partial charge on any atom is -0.401 e. The summed E-state index contributed by atoms with van der Waals surface area (Å²) in [4.78, 5) is 3.76. The summed E-state index contributed by atoms with van der Waals surface area (Å²) < 4.78 is 66.0. The minimum absolute atomic E-state index is 0.0800. The smallest absolute Gasteiger partial charge is 0.390 e. The second-order valence-electron chi connectivity index (χ2n) is 14.7. The number of aromatic nitrogens is 1. The van der Waals surface area contributed by atoms with Crippen LogP contribution in [0.25, 0.3) is 5.57 Å². The largest absolute Gasteiger partial charge is 0.401 e. The molecular weight excluding hydrogens is 669 g/mol. The third-order valence-electron chi connectivity index (χ3n) is 11.3. The number of benzene rings is 3. The van der Waals surface area contributed by atoms with Crippen molar-refractivity contribution in [2.45, 2.75) is 84.5 Å². The van der Waals surface area contributed by atoms with E-state index < -0.39 is 23.3 Å². The van der Waals surface area contributed by atoms with E-state index in [1.54, 1.807) is 3.98 Å². The Morgan fingerprint density at radius 3 is 2.06 bits per heavy atom. The van der Waals surface area contributed by atoms with Gasteiger partial charge in [0.1, 0.15) is 17.5 Å². The predicted molar refractivity (Wildman–Crippen MR) is 198 cm³/mol. The number of H-pyrrole nitrogens is 1. The van der Waals surface area contributed by atoms with Crippen molar-refractivity contribution >= 4 is 24.3 Å². The molecule has 51 heavy (non-hydrogen) atoms. The van der Waals surface area contributed by atoms with Gasteiger partial charge in [-0.1, -0.05) is 92.8 Å². The molecule has 1 aliphatic heterocycles. The highest BCUT2D eigenvalue weighted by Crippen LogP contribution is 2.49. The van der Waals surface area contributed by atoms with E-state index in [1.807, 2.05) is 25.1 Å². The first kappa shape index (κ1) is 35.4. The first-order valence-electron chi connectivity index (χ1n) is 18.3. The molecule has 1 N–H and O–H groups in total. The number of allylic oxidation sites excluding steroid dienone is 1. The van der Waals surface area contributed by atoms with Crippen molar-refractivity contribution in [2.75, 3.05) is 0 Å². The Hall–Kier alpha value is -4.04. The van der Waals surface area contributed by atoms with Crippen LogP contribution in [0.3, 0.4) is 0 Å².